The minimum absolute atomic E-state index is 0.0752. The highest BCUT2D eigenvalue weighted by molar-refractivity contribution is 7.15. The number of hydrogen-bond donors (Lipinski definition) is 0. The number of aromatic nitrogens is 2. The number of aryl methyl sites for hydroxylation is 1. The van der Waals surface area contributed by atoms with E-state index in [-0.39, 0.29) is 11.4 Å². The van der Waals surface area contributed by atoms with Crippen LogP contribution < -0.4 is 4.74 Å². The Labute approximate surface area is 144 Å². The molecule has 3 aromatic rings. The summed E-state index contributed by atoms with van der Waals surface area (Å²) in [5.74, 6) is -0.816. The lowest BCUT2D eigenvalue weighted by Crippen LogP contribution is -2.12. The molecule has 0 spiro atoms. The van der Waals surface area contributed by atoms with Crippen LogP contribution in [-0.4, -0.2) is 15.9 Å². The molecule has 0 fully saturated rings. The second-order valence-corrected chi connectivity index (χ2v) is 6.29. The number of halogens is 3. The van der Waals surface area contributed by atoms with Crippen molar-refractivity contribution in [1.29, 1.82) is 0 Å². The van der Waals surface area contributed by atoms with Crippen molar-refractivity contribution in [3.05, 3.63) is 64.8 Å². The molecular weight excluding hydrogens is 353 g/mol. The highest BCUT2D eigenvalue weighted by atomic mass is 32.1. The van der Waals surface area contributed by atoms with Crippen LogP contribution in [0.25, 0.3) is 10.6 Å². The Morgan fingerprint density at radius 2 is 2.00 bits per heavy atom. The normalized spacial score (nSPS) is 11.4. The number of alkyl halides is 3. The van der Waals surface area contributed by atoms with Gasteiger partial charge in [0, 0.05) is 18.0 Å². The fourth-order valence-corrected chi connectivity index (χ4v) is 2.89. The zero-order chi connectivity index (χ0) is 18.0. The number of thiazole rings is 1. The number of rotatable bonds is 3. The van der Waals surface area contributed by atoms with Gasteiger partial charge in [-0.2, -0.15) is 13.2 Å². The molecule has 0 saturated heterocycles. The van der Waals surface area contributed by atoms with Gasteiger partial charge in [0.05, 0.1) is 16.0 Å². The molecule has 0 saturated carbocycles. The Morgan fingerprint density at radius 3 is 2.68 bits per heavy atom. The summed E-state index contributed by atoms with van der Waals surface area (Å²) in [7, 11) is 0. The van der Waals surface area contributed by atoms with E-state index in [2.05, 4.69) is 9.97 Å². The van der Waals surface area contributed by atoms with Crippen molar-refractivity contribution in [2.24, 2.45) is 0 Å². The molecule has 0 aliphatic rings. The van der Waals surface area contributed by atoms with Crippen molar-refractivity contribution >= 4 is 17.3 Å². The standard InChI is InChI=1S/C17H11F3N2O2S/c1-10-14(22-15(25-10)12-5-3-7-21-9-12)24-16(23)11-4-2-6-13(8-11)17(18,19)20/h2-9H,1H3. The first-order chi connectivity index (χ1) is 11.8. The third-order valence-electron chi connectivity index (χ3n) is 3.28. The Bertz CT molecular complexity index is 908. The van der Waals surface area contributed by atoms with Crippen LogP contribution in [0.15, 0.2) is 48.8 Å². The Balaban J connectivity index is 1.84. The zero-order valence-corrected chi connectivity index (χ0v) is 13.7. The highest BCUT2D eigenvalue weighted by Gasteiger charge is 2.31. The number of carbonyl (C=O) groups is 1. The van der Waals surface area contributed by atoms with Gasteiger partial charge in [-0.3, -0.25) is 4.98 Å². The summed E-state index contributed by atoms with van der Waals surface area (Å²) in [6, 6.07) is 7.64. The van der Waals surface area contributed by atoms with Gasteiger partial charge in [-0.1, -0.05) is 6.07 Å². The molecular formula is C17H11F3N2O2S. The van der Waals surface area contributed by atoms with Crippen molar-refractivity contribution in [1.82, 2.24) is 9.97 Å². The van der Waals surface area contributed by atoms with Gasteiger partial charge < -0.3 is 4.74 Å². The number of hydrogen-bond acceptors (Lipinski definition) is 5. The number of esters is 1. The second kappa shape index (κ2) is 6.64. The summed E-state index contributed by atoms with van der Waals surface area (Å²) in [5.41, 5.74) is -0.338. The largest absolute Gasteiger partial charge is 0.416 e. The number of nitrogens with zero attached hydrogens (tertiary/aromatic N) is 2. The minimum Gasteiger partial charge on any atom is -0.403 e. The molecule has 2 heterocycles. The molecule has 0 aliphatic carbocycles. The summed E-state index contributed by atoms with van der Waals surface area (Å²) in [4.78, 5) is 21.0. The molecule has 0 atom stereocenters. The van der Waals surface area contributed by atoms with Crippen molar-refractivity contribution in [3.63, 3.8) is 0 Å². The van der Waals surface area contributed by atoms with Gasteiger partial charge in [-0.15, -0.1) is 11.3 Å². The van der Waals surface area contributed by atoms with Crippen molar-refractivity contribution in [2.45, 2.75) is 13.1 Å². The molecule has 3 rings (SSSR count). The number of ether oxygens (including phenoxy) is 1. The van der Waals surface area contributed by atoms with E-state index in [0.717, 1.165) is 23.8 Å². The second-order valence-electron chi connectivity index (χ2n) is 5.09. The molecule has 0 bridgehead atoms. The summed E-state index contributed by atoms with van der Waals surface area (Å²) in [5, 5.41) is 0.609. The number of pyridine rings is 1. The minimum atomic E-state index is -4.53. The average molecular weight is 364 g/mol. The maximum atomic E-state index is 12.7. The first-order valence-electron chi connectivity index (χ1n) is 7.12. The summed E-state index contributed by atoms with van der Waals surface area (Å²) in [6.45, 7) is 1.71. The summed E-state index contributed by atoms with van der Waals surface area (Å²) in [6.07, 6.45) is -1.28. The van der Waals surface area contributed by atoms with Crippen LogP contribution in [0.5, 0.6) is 5.88 Å². The van der Waals surface area contributed by atoms with E-state index in [9.17, 15) is 18.0 Å². The first kappa shape index (κ1) is 17.1. The van der Waals surface area contributed by atoms with E-state index < -0.39 is 17.7 Å². The van der Waals surface area contributed by atoms with Crippen LogP contribution in [0, 0.1) is 6.92 Å². The third-order valence-corrected chi connectivity index (χ3v) is 4.28. The smallest absolute Gasteiger partial charge is 0.403 e. The van der Waals surface area contributed by atoms with Gasteiger partial charge in [0.2, 0.25) is 5.88 Å². The first-order valence-corrected chi connectivity index (χ1v) is 7.93. The Kier molecular flexibility index (Phi) is 4.54. The maximum Gasteiger partial charge on any atom is 0.416 e. The van der Waals surface area contributed by atoms with E-state index in [0.29, 0.717) is 9.88 Å². The van der Waals surface area contributed by atoms with E-state index in [1.165, 1.54) is 17.4 Å². The maximum absolute atomic E-state index is 12.7. The van der Waals surface area contributed by atoms with Gasteiger partial charge in [0.25, 0.3) is 0 Å². The number of carbonyl (C=O) groups excluding carboxylic acids is 1. The van der Waals surface area contributed by atoms with Crippen molar-refractivity contribution < 1.29 is 22.7 Å². The molecule has 128 valence electrons. The van der Waals surface area contributed by atoms with Crippen LogP contribution in [0.3, 0.4) is 0 Å². The Morgan fingerprint density at radius 1 is 1.20 bits per heavy atom. The van der Waals surface area contributed by atoms with Crippen LogP contribution in [0.4, 0.5) is 13.2 Å². The fourth-order valence-electron chi connectivity index (χ4n) is 2.06. The molecule has 0 aliphatic heterocycles. The van der Waals surface area contributed by atoms with Gasteiger partial charge in [0.15, 0.2) is 0 Å². The SMILES string of the molecule is Cc1sc(-c2cccnc2)nc1OC(=O)c1cccc(C(F)(F)F)c1. The molecule has 0 N–H and O–H groups in total. The quantitative estimate of drug-likeness (QED) is 0.629. The fraction of sp³-hybridized carbons (Fsp3) is 0.118. The molecule has 8 heteroatoms. The molecule has 0 unspecified atom stereocenters. The molecule has 0 radical (unpaired) electrons. The van der Waals surface area contributed by atoms with Crippen molar-refractivity contribution in [3.8, 4) is 16.5 Å². The van der Waals surface area contributed by atoms with E-state index in [1.807, 2.05) is 6.07 Å². The van der Waals surface area contributed by atoms with Crippen molar-refractivity contribution in [2.75, 3.05) is 0 Å². The predicted octanol–water partition coefficient (Wildman–Crippen LogP) is 4.75. The van der Waals surface area contributed by atoms with Gasteiger partial charge in [0.1, 0.15) is 5.01 Å². The van der Waals surface area contributed by atoms with Crippen LogP contribution >= 0.6 is 11.3 Å². The van der Waals surface area contributed by atoms with Gasteiger partial charge in [-0.05, 0) is 37.3 Å². The summed E-state index contributed by atoms with van der Waals surface area (Å²) < 4.78 is 43.4. The lowest BCUT2D eigenvalue weighted by molar-refractivity contribution is -0.137. The number of benzene rings is 1. The molecule has 0 amide bonds. The molecule has 4 nitrogen and oxygen atoms in total. The summed E-state index contributed by atoms with van der Waals surface area (Å²) >= 11 is 1.30. The highest BCUT2D eigenvalue weighted by Crippen LogP contribution is 2.32. The predicted molar refractivity (Wildman–Crippen MR) is 86.5 cm³/mol. The van der Waals surface area contributed by atoms with Crippen LogP contribution in [-0.2, 0) is 6.18 Å². The van der Waals surface area contributed by atoms with Gasteiger partial charge >= 0.3 is 12.1 Å². The van der Waals surface area contributed by atoms with E-state index in [1.54, 1.807) is 25.4 Å². The molecule has 2 aromatic heterocycles. The van der Waals surface area contributed by atoms with Crippen LogP contribution in [0.2, 0.25) is 0 Å². The third kappa shape index (κ3) is 3.85. The van der Waals surface area contributed by atoms with Gasteiger partial charge in [-0.25, -0.2) is 9.78 Å². The van der Waals surface area contributed by atoms with E-state index in [4.69, 9.17) is 4.74 Å². The van der Waals surface area contributed by atoms with Crippen LogP contribution in [0.1, 0.15) is 20.8 Å². The molecule has 25 heavy (non-hydrogen) atoms. The monoisotopic (exact) mass is 364 g/mol. The van der Waals surface area contributed by atoms with E-state index >= 15 is 0 Å². The molecule has 1 aromatic carbocycles. The lowest BCUT2D eigenvalue weighted by Gasteiger charge is -2.08. The topological polar surface area (TPSA) is 52.1 Å². The Hall–Kier alpha value is -2.74. The average Bonchev–Trinajstić information content (AvgIpc) is 2.96. The lowest BCUT2D eigenvalue weighted by atomic mass is 10.1. The zero-order valence-electron chi connectivity index (χ0n) is 12.9.